The van der Waals surface area contributed by atoms with Gasteiger partial charge in [0.1, 0.15) is 0 Å². The van der Waals surface area contributed by atoms with Gasteiger partial charge in [0.05, 0.1) is 0 Å². The minimum Gasteiger partial charge on any atom is -0.303 e. The average Bonchev–Trinajstić information content (AvgIpc) is 3.05. The third kappa shape index (κ3) is 4.69. The summed E-state index contributed by atoms with van der Waals surface area (Å²) in [5, 5.41) is 5.92. The van der Waals surface area contributed by atoms with Gasteiger partial charge in [-0.25, -0.2) is 0 Å². The molecule has 0 saturated heterocycles. The van der Waals surface area contributed by atoms with Crippen molar-refractivity contribution >= 4 is 11.3 Å². The number of aryl methyl sites for hydroxylation is 1. The van der Waals surface area contributed by atoms with Crippen LogP contribution in [0.2, 0.25) is 0 Å². The van der Waals surface area contributed by atoms with E-state index in [2.05, 4.69) is 67.9 Å². The number of rotatable bonds is 8. The molecule has 0 aliphatic rings. The van der Waals surface area contributed by atoms with Gasteiger partial charge < -0.3 is 5.32 Å². The Bertz CT molecular complexity index is 501. The van der Waals surface area contributed by atoms with E-state index in [1.54, 1.807) is 0 Å². The molecular weight excluding hydrogens is 274 g/mol. The summed E-state index contributed by atoms with van der Waals surface area (Å²) < 4.78 is 0. The fourth-order valence-corrected chi connectivity index (χ4v) is 3.51. The van der Waals surface area contributed by atoms with Gasteiger partial charge in [0, 0.05) is 17.0 Å². The molecule has 1 aromatic heterocycles. The number of hydrogen-bond donors (Lipinski definition) is 1. The number of benzene rings is 1. The Labute approximate surface area is 133 Å². The van der Waals surface area contributed by atoms with Gasteiger partial charge in [-0.05, 0) is 48.8 Å². The molecule has 1 heterocycles. The predicted molar refractivity (Wildman–Crippen MR) is 94.0 cm³/mol. The molecule has 0 amide bonds. The van der Waals surface area contributed by atoms with Gasteiger partial charge in [0.25, 0.3) is 0 Å². The standard InChI is InChI=1S/C19H27NS/c1-4-6-8-16-10-12-17(13-11-16)15(3)20-18(5-2)19-9-7-14-21-19/h7,9-15,18,20H,4-6,8H2,1-3H3. The highest BCUT2D eigenvalue weighted by atomic mass is 32.1. The van der Waals surface area contributed by atoms with E-state index < -0.39 is 0 Å². The van der Waals surface area contributed by atoms with Crippen molar-refractivity contribution in [1.29, 1.82) is 0 Å². The van der Waals surface area contributed by atoms with Crippen LogP contribution in [0, 0.1) is 0 Å². The van der Waals surface area contributed by atoms with Crippen molar-refractivity contribution in [2.45, 2.75) is 58.5 Å². The molecular formula is C19H27NS. The van der Waals surface area contributed by atoms with Crippen molar-refractivity contribution in [1.82, 2.24) is 5.32 Å². The highest BCUT2D eigenvalue weighted by Crippen LogP contribution is 2.25. The smallest absolute Gasteiger partial charge is 0.0416 e. The Morgan fingerprint density at radius 1 is 1.10 bits per heavy atom. The minimum absolute atomic E-state index is 0.386. The topological polar surface area (TPSA) is 12.0 Å². The molecule has 0 fully saturated rings. The van der Waals surface area contributed by atoms with Crippen LogP contribution in [0.3, 0.4) is 0 Å². The summed E-state index contributed by atoms with van der Waals surface area (Å²) in [6.07, 6.45) is 4.87. The summed E-state index contributed by atoms with van der Waals surface area (Å²) in [6.45, 7) is 6.76. The number of nitrogens with one attached hydrogen (secondary N) is 1. The van der Waals surface area contributed by atoms with Gasteiger partial charge in [-0.15, -0.1) is 11.3 Å². The molecule has 2 unspecified atom stereocenters. The van der Waals surface area contributed by atoms with E-state index in [0.717, 1.165) is 6.42 Å². The van der Waals surface area contributed by atoms with Crippen LogP contribution in [0.4, 0.5) is 0 Å². The molecule has 0 saturated carbocycles. The van der Waals surface area contributed by atoms with Crippen LogP contribution in [-0.4, -0.2) is 0 Å². The van der Waals surface area contributed by atoms with Gasteiger partial charge in [0.15, 0.2) is 0 Å². The molecule has 2 aromatic rings. The van der Waals surface area contributed by atoms with Gasteiger partial charge in [0.2, 0.25) is 0 Å². The molecule has 1 aromatic carbocycles. The van der Waals surface area contributed by atoms with Crippen molar-refractivity contribution < 1.29 is 0 Å². The zero-order chi connectivity index (χ0) is 15.1. The molecule has 0 bridgehead atoms. The van der Waals surface area contributed by atoms with Crippen molar-refractivity contribution in [2.24, 2.45) is 0 Å². The third-order valence-electron chi connectivity index (χ3n) is 4.04. The molecule has 21 heavy (non-hydrogen) atoms. The van der Waals surface area contributed by atoms with Crippen LogP contribution in [-0.2, 0) is 6.42 Å². The van der Waals surface area contributed by atoms with Crippen molar-refractivity contribution in [3.63, 3.8) is 0 Å². The van der Waals surface area contributed by atoms with Gasteiger partial charge in [-0.1, -0.05) is 50.6 Å². The fraction of sp³-hybridized carbons (Fsp3) is 0.474. The first-order valence-corrected chi connectivity index (χ1v) is 9.00. The van der Waals surface area contributed by atoms with E-state index in [4.69, 9.17) is 0 Å². The molecule has 1 nitrogen and oxygen atoms in total. The van der Waals surface area contributed by atoms with Crippen LogP contribution in [0.5, 0.6) is 0 Å². The minimum atomic E-state index is 0.386. The van der Waals surface area contributed by atoms with Crippen molar-refractivity contribution in [2.75, 3.05) is 0 Å². The first-order valence-electron chi connectivity index (χ1n) is 8.12. The normalized spacial score (nSPS) is 14.0. The van der Waals surface area contributed by atoms with Crippen LogP contribution < -0.4 is 5.32 Å². The fourth-order valence-electron chi connectivity index (χ4n) is 2.64. The molecule has 2 atom stereocenters. The Balaban J connectivity index is 1.97. The first kappa shape index (κ1) is 16.3. The number of unbranched alkanes of at least 4 members (excludes halogenated alkanes) is 1. The quantitative estimate of drug-likeness (QED) is 0.640. The van der Waals surface area contributed by atoms with Crippen LogP contribution >= 0.6 is 11.3 Å². The third-order valence-corrected chi connectivity index (χ3v) is 5.03. The lowest BCUT2D eigenvalue weighted by Gasteiger charge is -2.22. The van der Waals surface area contributed by atoms with E-state index in [1.165, 1.54) is 35.3 Å². The van der Waals surface area contributed by atoms with E-state index in [0.29, 0.717) is 12.1 Å². The highest BCUT2D eigenvalue weighted by molar-refractivity contribution is 7.10. The molecule has 114 valence electrons. The van der Waals surface area contributed by atoms with E-state index in [-0.39, 0.29) is 0 Å². The molecule has 2 heteroatoms. The summed E-state index contributed by atoms with van der Waals surface area (Å²) in [4.78, 5) is 1.43. The maximum atomic E-state index is 3.76. The summed E-state index contributed by atoms with van der Waals surface area (Å²) >= 11 is 1.84. The average molecular weight is 301 g/mol. The maximum Gasteiger partial charge on any atom is 0.0416 e. The lowest BCUT2D eigenvalue weighted by molar-refractivity contribution is 0.462. The molecule has 0 radical (unpaired) electrons. The largest absolute Gasteiger partial charge is 0.303 e. The summed E-state index contributed by atoms with van der Waals surface area (Å²) in [7, 11) is 0. The Hall–Kier alpha value is -1.12. The van der Waals surface area contributed by atoms with Crippen LogP contribution in [0.1, 0.15) is 68.1 Å². The van der Waals surface area contributed by atoms with Crippen LogP contribution in [0.25, 0.3) is 0 Å². The van der Waals surface area contributed by atoms with Gasteiger partial charge in [-0.2, -0.15) is 0 Å². The Morgan fingerprint density at radius 2 is 1.86 bits per heavy atom. The second kappa shape index (κ2) is 8.35. The first-order chi connectivity index (χ1) is 10.2. The van der Waals surface area contributed by atoms with E-state index >= 15 is 0 Å². The molecule has 0 aliphatic heterocycles. The summed E-state index contributed by atoms with van der Waals surface area (Å²) in [6, 6.07) is 14.3. The van der Waals surface area contributed by atoms with E-state index in [1.807, 2.05) is 11.3 Å². The predicted octanol–water partition coefficient (Wildman–Crippen LogP) is 5.89. The molecule has 1 N–H and O–H groups in total. The number of hydrogen-bond acceptors (Lipinski definition) is 2. The highest BCUT2D eigenvalue weighted by Gasteiger charge is 2.14. The molecule has 0 spiro atoms. The van der Waals surface area contributed by atoms with Gasteiger partial charge >= 0.3 is 0 Å². The second-order valence-corrected chi connectivity index (χ2v) is 6.69. The maximum absolute atomic E-state index is 3.76. The van der Waals surface area contributed by atoms with E-state index in [9.17, 15) is 0 Å². The zero-order valence-corrected chi connectivity index (χ0v) is 14.2. The number of thiophene rings is 1. The summed E-state index contributed by atoms with van der Waals surface area (Å²) in [5.74, 6) is 0. The molecule has 2 rings (SSSR count). The molecule has 0 aliphatic carbocycles. The van der Waals surface area contributed by atoms with Crippen molar-refractivity contribution in [3.05, 3.63) is 57.8 Å². The zero-order valence-electron chi connectivity index (χ0n) is 13.4. The summed E-state index contributed by atoms with van der Waals surface area (Å²) in [5.41, 5.74) is 2.84. The second-order valence-electron chi connectivity index (χ2n) is 5.71. The lowest BCUT2D eigenvalue weighted by atomic mass is 10.0. The SMILES string of the molecule is CCCCc1ccc(C(C)NC(CC)c2cccs2)cc1. The van der Waals surface area contributed by atoms with Gasteiger partial charge in [-0.3, -0.25) is 0 Å². The van der Waals surface area contributed by atoms with Crippen LogP contribution in [0.15, 0.2) is 41.8 Å². The monoisotopic (exact) mass is 301 g/mol. The Morgan fingerprint density at radius 3 is 2.43 bits per heavy atom. The Kier molecular flexibility index (Phi) is 6.47. The van der Waals surface area contributed by atoms with Crippen molar-refractivity contribution in [3.8, 4) is 0 Å². The lowest BCUT2D eigenvalue weighted by Crippen LogP contribution is -2.23.